The maximum Gasteiger partial charge on any atom is 0.0209 e. The van der Waals surface area contributed by atoms with Crippen molar-refractivity contribution in [2.24, 2.45) is 0 Å². The van der Waals surface area contributed by atoms with Crippen molar-refractivity contribution in [3.05, 3.63) is 0 Å². The van der Waals surface area contributed by atoms with Crippen molar-refractivity contribution >= 4 is 0 Å². The molecule has 0 aromatic carbocycles. The Kier molecular flexibility index (Phi) is 5.49. The number of unbranched alkanes of at least 4 members (excludes halogenated alkanes) is 2. The summed E-state index contributed by atoms with van der Waals surface area (Å²) in [6, 6.07) is 1.45. The lowest BCUT2D eigenvalue weighted by Crippen LogP contribution is -2.38. The van der Waals surface area contributed by atoms with Crippen molar-refractivity contribution in [2.45, 2.75) is 58.0 Å². The lowest BCUT2D eigenvalue weighted by atomic mass is 10.1. The van der Waals surface area contributed by atoms with E-state index in [4.69, 9.17) is 0 Å². The lowest BCUT2D eigenvalue weighted by Gasteiger charge is -2.19. The van der Waals surface area contributed by atoms with E-state index in [9.17, 15) is 0 Å². The molecule has 0 aromatic heterocycles. The summed E-state index contributed by atoms with van der Waals surface area (Å²) in [5.74, 6) is 0. The molecule has 14 heavy (non-hydrogen) atoms. The van der Waals surface area contributed by atoms with Crippen LogP contribution >= 0.6 is 0 Å². The van der Waals surface area contributed by atoms with Gasteiger partial charge in [0.05, 0.1) is 0 Å². The molecule has 1 aliphatic heterocycles. The average molecular weight is 198 g/mol. The molecule has 0 saturated carbocycles. The molecule has 1 heterocycles. The van der Waals surface area contributed by atoms with E-state index in [1.165, 1.54) is 45.2 Å². The molecule has 1 aliphatic rings. The largest absolute Gasteiger partial charge is 0.310 e. The van der Waals surface area contributed by atoms with Crippen molar-refractivity contribution in [1.82, 2.24) is 10.2 Å². The van der Waals surface area contributed by atoms with Gasteiger partial charge in [-0.15, -0.1) is 0 Å². The fraction of sp³-hybridized carbons (Fsp3) is 1.00. The van der Waals surface area contributed by atoms with Crippen molar-refractivity contribution in [1.29, 1.82) is 0 Å². The Bertz CT molecular complexity index is 147. The minimum absolute atomic E-state index is 0.707. The Labute approximate surface area is 89.1 Å². The van der Waals surface area contributed by atoms with Crippen LogP contribution in [0.4, 0.5) is 0 Å². The van der Waals surface area contributed by atoms with Crippen LogP contribution in [0.15, 0.2) is 0 Å². The molecule has 2 atom stereocenters. The first-order valence-electron chi connectivity index (χ1n) is 6.17. The van der Waals surface area contributed by atoms with Crippen LogP contribution in [0, 0.1) is 0 Å². The second kappa shape index (κ2) is 6.41. The Morgan fingerprint density at radius 3 is 2.79 bits per heavy atom. The summed E-state index contributed by atoms with van der Waals surface area (Å²) in [6.45, 7) is 7.09. The van der Waals surface area contributed by atoms with Crippen LogP contribution in [0.2, 0.25) is 0 Å². The zero-order valence-corrected chi connectivity index (χ0v) is 10.1. The first-order chi connectivity index (χ1) is 6.72. The van der Waals surface area contributed by atoms with Crippen molar-refractivity contribution in [2.75, 3.05) is 20.1 Å². The molecule has 84 valence electrons. The average Bonchev–Trinajstić information content (AvgIpc) is 2.52. The van der Waals surface area contributed by atoms with E-state index in [1.807, 2.05) is 0 Å². The number of nitrogens with zero attached hydrogens (tertiary/aromatic N) is 1. The normalized spacial score (nSPS) is 25.5. The lowest BCUT2D eigenvalue weighted by molar-refractivity contribution is 0.376. The third-order valence-electron chi connectivity index (χ3n) is 3.15. The van der Waals surface area contributed by atoms with E-state index in [0.717, 1.165) is 6.04 Å². The van der Waals surface area contributed by atoms with Crippen molar-refractivity contribution in [3.8, 4) is 0 Å². The molecular formula is C12H26N2. The maximum atomic E-state index is 3.73. The van der Waals surface area contributed by atoms with E-state index in [2.05, 4.69) is 31.1 Å². The maximum absolute atomic E-state index is 3.73. The van der Waals surface area contributed by atoms with E-state index < -0.39 is 0 Å². The Hall–Kier alpha value is -0.0800. The van der Waals surface area contributed by atoms with Gasteiger partial charge in [0.1, 0.15) is 0 Å². The third kappa shape index (κ3) is 4.43. The summed E-state index contributed by atoms with van der Waals surface area (Å²) >= 11 is 0. The Morgan fingerprint density at radius 1 is 1.43 bits per heavy atom. The second-order valence-corrected chi connectivity index (χ2v) is 4.81. The molecule has 1 fully saturated rings. The SMILES string of the molecule is CCCCC[C@H](C)N[C@H]1CCN(C)C1. The first kappa shape index (κ1) is 12.0. The predicted molar refractivity (Wildman–Crippen MR) is 62.6 cm³/mol. The van der Waals surface area contributed by atoms with Crippen molar-refractivity contribution in [3.63, 3.8) is 0 Å². The van der Waals surface area contributed by atoms with Crippen LogP contribution in [0.3, 0.4) is 0 Å². The molecule has 0 unspecified atom stereocenters. The molecule has 1 saturated heterocycles. The van der Waals surface area contributed by atoms with Gasteiger partial charge in [0.15, 0.2) is 0 Å². The van der Waals surface area contributed by atoms with Crippen LogP contribution in [0.25, 0.3) is 0 Å². The summed E-state index contributed by atoms with van der Waals surface area (Å²) in [7, 11) is 2.21. The minimum atomic E-state index is 0.707. The highest BCUT2D eigenvalue weighted by Gasteiger charge is 2.20. The molecule has 2 nitrogen and oxygen atoms in total. The Balaban J connectivity index is 2.05. The molecule has 0 spiro atoms. The zero-order chi connectivity index (χ0) is 10.4. The van der Waals surface area contributed by atoms with Gasteiger partial charge in [-0.05, 0) is 33.4 Å². The van der Waals surface area contributed by atoms with Crippen LogP contribution in [-0.4, -0.2) is 37.1 Å². The van der Waals surface area contributed by atoms with Crippen LogP contribution in [-0.2, 0) is 0 Å². The molecule has 0 aromatic rings. The molecule has 0 radical (unpaired) electrons. The molecule has 0 bridgehead atoms. The number of hydrogen-bond donors (Lipinski definition) is 1. The molecular weight excluding hydrogens is 172 g/mol. The van der Waals surface area contributed by atoms with Crippen molar-refractivity contribution < 1.29 is 0 Å². The van der Waals surface area contributed by atoms with Crippen LogP contribution in [0.5, 0.6) is 0 Å². The highest BCUT2D eigenvalue weighted by atomic mass is 15.2. The van der Waals surface area contributed by atoms with Gasteiger partial charge in [0.2, 0.25) is 0 Å². The molecule has 1 N–H and O–H groups in total. The number of nitrogens with one attached hydrogen (secondary N) is 1. The van der Waals surface area contributed by atoms with Gasteiger partial charge in [-0.2, -0.15) is 0 Å². The van der Waals surface area contributed by atoms with Gasteiger partial charge in [0.25, 0.3) is 0 Å². The first-order valence-corrected chi connectivity index (χ1v) is 6.17. The third-order valence-corrected chi connectivity index (χ3v) is 3.15. The quantitative estimate of drug-likeness (QED) is 0.659. The summed E-state index contributed by atoms with van der Waals surface area (Å²) < 4.78 is 0. The standard InChI is InChI=1S/C12H26N2/c1-4-5-6-7-11(2)13-12-8-9-14(3)10-12/h11-13H,4-10H2,1-3H3/t11-,12-/m0/s1. The molecule has 0 amide bonds. The minimum Gasteiger partial charge on any atom is -0.310 e. The van der Waals surface area contributed by atoms with Gasteiger partial charge in [-0.3, -0.25) is 0 Å². The molecule has 0 aliphatic carbocycles. The van der Waals surface area contributed by atoms with Gasteiger partial charge in [-0.1, -0.05) is 26.2 Å². The van der Waals surface area contributed by atoms with Gasteiger partial charge >= 0.3 is 0 Å². The second-order valence-electron chi connectivity index (χ2n) is 4.81. The summed E-state index contributed by atoms with van der Waals surface area (Å²) in [4.78, 5) is 2.41. The van der Waals surface area contributed by atoms with Gasteiger partial charge < -0.3 is 10.2 Å². The number of rotatable bonds is 6. The number of likely N-dealkylation sites (N-methyl/N-ethyl adjacent to an activating group) is 1. The fourth-order valence-corrected chi connectivity index (χ4v) is 2.26. The summed E-state index contributed by atoms with van der Waals surface area (Å²) in [5, 5.41) is 3.73. The van der Waals surface area contributed by atoms with E-state index in [1.54, 1.807) is 0 Å². The van der Waals surface area contributed by atoms with E-state index in [0.29, 0.717) is 6.04 Å². The molecule has 2 heteroatoms. The predicted octanol–water partition coefficient (Wildman–Crippen LogP) is 2.25. The number of hydrogen-bond acceptors (Lipinski definition) is 2. The topological polar surface area (TPSA) is 15.3 Å². The summed E-state index contributed by atoms with van der Waals surface area (Å²) in [5.41, 5.74) is 0. The van der Waals surface area contributed by atoms with Gasteiger partial charge in [-0.25, -0.2) is 0 Å². The Morgan fingerprint density at radius 2 is 2.21 bits per heavy atom. The highest BCUT2D eigenvalue weighted by Crippen LogP contribution is 2.09. The smallest absolute Gasteiger partial charge is 0.0209 e. The van der Waals surface area contributed by atoms with Crippen LogP contribution in [0.1, 0.15) is 46.0 Å². The summed E-state index contributed by atoms with van der Waals surface area (Å²) in [6.07, 6.45) is 6.77. The van der Waals surface area contributed by atoms with E-state index >= 15 is 0 Å². The zero-order valence-electron chi connectivity index (χ0n) is 10.1. The highest BCUT2D eigenvalue weighted by molar-refractivity contribution is 4.80. The monoisotopic (exact) mass is 198 g/mol. The molecule has 1 rings (SSSR count). The van der Waals surface area contributed by atoms with E-state index in [-0.39, 0.29) is 0 Å². The van der Waals surface area contributed by atoms with Crippen LogP contribution < -0.4 is 5.32 Å². The van der Waals surface area contributed by atoms with Gasteiger partial charge in [0, 0.05) is 18.6 Å². The fourth-order valence-electron chi connectivity index (χ4n) is 2.26. The number of likely N-dealkylation sites (tertiary alicyclic amines) is 1.